The average Bonchev–Trinajstić information content (AvgIpc) is 3.24. The van der Waals surface area contributed by atoms with E-state index in [1.807, 2.05) is 0 Å². The average molecular weight is 971 g/mol. The SMILES string of the molecule is CC[C@H](C)[C@H](NC(=O)[C@H](C)NC(=O)[C@H](CC(C)C)NC(=O)[C@H](CCC(N)=O)NC(=O)[C@H](CC(C)C)NC(=O)[C@@H](NC(=O)[C@@H](N)CC(N)=O)[C@@H](C)O)C(=O)N[C@H](C(=O)N[C@@H](CO)C(N)=O)[C@@H](C)CC. The summed E-state index contributed by atoms with van der Waals surface area (Å²) in [6.07, 6.45) is -2.00. The third-order valence-corrected chi connectivity index (χ3v) is 11.0. The Labute approximate surface area is 397 Å². The molecule has 0 aromatic rings. The molecule has 0 aliphatic heterocycles. The van der Waals surface area contributed by atoms with Gasteiger partial charge in [0, 0.05) is 6.42 Å². The van der Waals surface area contributed by atoms with Gasteiger partial charge in [-0.1, -0.05) is 68.2 Å². The molecule has 25 heteroatoms. The van der Waals surface area contributed by atoms with Crippen molar-refractivity contribution >= 4 is 65.0 Å². The van der Waals surface area contributed by atoms with Crippen LogP contribution >= 0.6 is 0 Å². The number of primary amides is 3. The van der Waals surface area contributed by atoms with E-state index in [-0.39, 0.29) is 31.1 Å². The van der Waals surface area contributed by atoms with E-state index in [9.17, 15) is 63.0 Å². The molecule has 0 saturated heterocycles. The van der Waals surface area contributed by atoms with Gasteiger partial charge in [-0.2, -0.15) is 0 Å². The van der Waals surface area contributed by atoms with Crippen LogP contribution in [0.4, 0.5) is 0 Å². The lowest BCUT2D eigenvalue weighted by atomic mass is 9.94. The number of nitrogens with one attached hydrogen (secondary N) is 8. The molecule has 0 aliphatic rings. The van der Waals surface area contributed by atoms with Crippen molar-refractivity contribution < 1.29 is 63.0 Å². The van der Waals surface area contributed by atoms with Crippen molar-refractivity contribution in [3.63, 3.8) is 0 Å². The van der Waals surface area contributed by atoms with E-state index in [2.05, 4.69) is 42.5 Å². The van der Waals surface area contributed by atoms with Gasteiger partial charge < -0.3 is 75.7 Å². The first-order valence-electron chi connectivity index (χ1n) is 22.8. The third kappa shape index (κ3) is 22.2. The van der Waals surface area contributed by atoms with E-state index < -0.39 is 157 Å². The molecule has 0 heterocycles. The maximum Gasteiger partial charge on any atom is 0.245 e. The highest BCUT2D eigenvalue weighted by Crippen LogP contribution is 2.14. The summed E-state index contributed by atoms with van der Waals surface area (Å²) in [5.41, 5.74) is 21.4. The normalized spacial score (nSPS) is 16.6. The lowest BCUT2D eigenvalue weighted by Gasteiger charge is -2.30. The largest absolute Gasteiger partial charge is 0.394 e. The Morgan fingerprint density at radius 3 is 1.26 bits per heavy atom. The van der Waals surface area contributed by atoms with Gasteiger partial charge in [-0.25, -0.2) is 0 Å². The summed E-state index contributed by atoms with van der Waals surface area (Å²) >= 11 is 0. The monoisotopic (exact) mass is 971 g/mol. The number of rotatable bonds is 32. The zero-order valence-corrected chi connectivity index (χ0v) is 40.9. The summed E-state index contributed by atoms with van der Waals surface area (Å²) in [6, 6.07) is -12.4. The van der Waals surface area contributed by atoms with Gasteiger partial charge in [0.15, 0.2) is 0 Å². The highest BCUT2D eigenvalue weighted by molar-refractivity contribution is 5.98. The minimum absolute atomic E-state index is 0.0168. The minimum Gasteiger partial charge on any atom is -0.394 e. The van der Waals surface area contributed by atoms with E-state index in [1.54, 1.807) is 55.4 Å². The fraction of sp³-hybridized carbons (Fsp3) is 0.744. The molecule has 0 unspecified atom stereocenters. The number of amides is 11. The van der Waals surface area contributed by atoms with Crippen LogP contribution in [0.25, 0.3) is 0 Å². The molecule has 0 rings (SSSR count). The van der Waals surface area contributed by atoms with Crippen molar-refractivity contribution in [3.8, 4) is 0 Å². The minimum atomic E-state index is -1.65. The molecule has 0 aromatic heterocycles. The Kier molecular flexibility index (Phi) is 27.8. The number of hydrogen-bond acceptors (Lipinski definition) is 14. The molecule has 68 heavy (non-hydrogen) atoms. The second-order valence-corrected chi connectivity index (χ2v) is 18.1. The first-order valence-corrected chi connectivity index (χ1v) is 22.8. The topological polar surface area (TPSA) is 429 Å². The van der Waals surface area contributed by atoms with Crippen molar-refractivity contribution in [1.29, 1.82) is 0 Å². The number of carbonyl (C=O) groups is 11. The highest BCUT2D eigenvalue weighted by atomic mass is 16.3. The predicted octanol–water partition coefficient (Wildman–Crippen LogP) is -4.60. The number of hydrogen-bond donors (Lipinski definition) is 14. The highest BCUT2D eigenvalue weighted by Gasteiger charge is 2.37. The van der Waals surface area contributed by atoms with Crippen molar-refractivity contribution in [3.05, 3.63) is 0 Å². The molecule has 0 spiro atoms. The maximum atomic E-state index is 13.9. The van der Waals surface area contributed by atoms with Gasteiger partial charge in [-0.05, 0) is 56.8 Å². The van der Waals surface area contributed by atoms with Crippen molar-refractivity contribution in [2.45, 2.75) is 175 Å². The van der Waals surface area contributed by atoms with Crippen LogP contribution in [0.3, 0.4) is 0 Å². The van der Waals surface area contributed by atoms with Gasteiger partial charge in [-0.15, -0.1) is 0 Å². The first kappa shape index (κ1) is 62.1. The van der Waals surface area contributed by atoms with Crippen LogP contribution in [0.1, 0.15) is 114 Å². The zero-order chi connectivity index (χ0) is 52.7. The molecule has 0 aliphatic carbocycles. The van der Waals surface area contributed by atoms with E-state index in [0.29, 0.717) is 12.8 Å². The molecule has 388 valence electrons. The summed E-state index contributed by atoms with van der Waals surface area (Å²) < 4.78 is 0. The van der Waals surface area contributed by atoms with E-state index in [1.165, 1.54) is 13.8 Å². The zero-order valence-electron chi connectivity index (χ0n) is 40.9. The summed E-state index contributed by atoms with van der Waals surface area (Å²) in [5, 5.41) is 39.7. The van der Waals surface area contributed by atoms with Gasteiger partial charge in [-0.3, -0.25) is 52.7 Å². The van der Waals surface area contributed by atoms with Gasteiger partial charge in [0.1, 0.15) is 48.3 Å². The van der Waals surface area contributed by atoms with Crippen LogP contribution in [0, 0.1) is 23.7 Å². The number of aliphatic hydroxyl groups is 2. The fourth-order valence-electron chi connectivity index (χ4n) is 6.52. The molecule has 0 radical (unpaired) electrons. The molecule has 18 N–H and O–H groups in total. The Bertz CT molecular complexity index is 1760. The Morgan fingerprint density at radius 1 is 0.471 bits per heavy atom. The Balaban J connectivity index is 6.42. The summed E-state index contributed by atoms with van der Waals surface area (Å²) in [4.78, 5) is 143. The second-order valence-electron chi connectivity index (χ2n) is 18.1. The van der Waals surface area contributed by atoms with E-state index >= 15 is 0 Å². The fourth-order valence-corrected chi connectivity index (χ4v) is 6.52. The number of aliphatic hydroxyl groups excluding tert-OH is 2. The Hall–Kier alpha value is -5.95. The summed E-state index contributed by atoms with van der Waals surface area (Å²) in [5.74, 6) is -11.1. The molecular weight excluding hydrogens is 893 g/mol. The molecule has 11 amide bonds. The van der Waals surface area contributed by atoms with Crippen LogP contribution in [0.15, 0.2) is 0 Å². The van der Waals surface area contributed by atoms with Crippen molar-refractivity contribution in [2.75, 3.05) is 6.61 Å². The molecule has 12 atom stereocenters. The van der Waals surface area contributed by atoms with Gasteiger partial charge in [0.05, 0.1) is 25.2 Å². The Morgan fingerprint density at radius 2 is 0.853 bits per heavy atom. The molecule has 0 saturated carbocycles. The molecule has 0 bridgehead atoms. The number of nitrogens with two attached hydrogens (primary N) is 4. The lowest BCUT2D eigenvalue weighted by Crippen LogP contribution is -2.62. The van der Waals surface area contributed by atoms with Crippen LogP contribution < -0.4 is 65.5 Å². The third-order valence-electron chi connectivity index (χ3n) is 11.0. The molecule has 0 aromatic carbocycles. The quantitative estimate of drug-likeness (QED) is 0.0302. The summed E-state index contributed by atoms with van der Waals surface area (Å²) in [6.45, 7) is 15.6. The number of carbonyl (C=O) groups excluding carboxylic acids is 11. The van der Waals surface area contributed by atoms with Crippen molar-refractivity contribution in [2.24, 2.45) is 46.6 Å². The van der Waals surface area contributed by atoms with Crippen LogP contribution in [-0.4, -0.2) is 142 Å². The standard InChI is InChI=1S/C43H78N12O13/c1-11-21(7)32(41(66)52-29(18-56)35(47)60)54-42(67)33(22(8)12-2)53-36(61)23(9)48-39(64)27(15-19(3)4)50-38(63)26(13-14-30(45)58)49-40(65)28(16-20(5)6)51-43(68)34(24(10)57)55-37(62)25(44)17-31(46)59/h19-29,32-34,56-57H,11-18,44H2,1-10H3,(H2,45,58)(H2,46,59)(H2,47,60)(H,48,64)(H,49,65)(H,50,63)(H,51,68)(H,52,66)(H,53,61)(H,54,67)(H,55,62)/t21-,22-,23-,24+,25-,26-,27-,28-,29-,32-,33-,34-/m0/s1. The molecule has 25 nitrogen and oxygen atoms in total. The molecule has 0 fully saturated rings. The summed E-state index contributed by atoms with van der Waals surface area (Å²) in [7, 11) is 0. The maximum absolute atomic E-state index is 13.9. The molecular formula is C43H78N12O13. The smallest absolute Gasteiger partial charge is 0.245 e. The second kappa shape index (κ2) is 30.4. The van der Waals surface area contributed by atoms with Gasteiger partial charge in [0.2, 0.25) is 65.0 Å². The first-order chi connectivity index (χ1) is 31.5. The van der Waals surface area contributed by atoms with E-state index in [0.717, 1.165) is 0 Å². The van der Waals surface area contributed by atoms with E-state index in [4.69, 9.17) is 22.9 Å². The van der Waals surface area contributed by atoms with Crippen LogP contribution in [0.5, 0.6) is 0 Å². The van der Waals surface area contributed by atoms with Crippen LogP contribution in [0.2, 0.25) is 0 Å². The van der Waals surface area contributed by atoms with Crippen molar-refractivity contribution in [1.82, 2.24) is 42.5 Å². The van der Waals surface area contributed by atoms with Gasteiger partial charge >= 0.3 is 0 Å². The lowest BCUT2D eigenvalue weighted by molar-refractivity contribution is -0.137. The van der Waals surface area contributed by atoms with Gasteiger partial charge in [0.25, 0.3) is 0 Å². The van der Waals surface area contributed by atoms with Crippen LogP contribution in [-0.2, 0) is 52.7 Å². The predicted molar refractivity (Wildman–Crippen MR) is 247 cm³/mol.